The molecule has 4 rings (SSSR count). The van der Waals surface area contributed by atoms with Crippen molar-refractivity contribution in [3.05, 3.63) is 48.0 Å². The van der Waals surface area contributed by atoms with E-state index in [0.29, 0.717) is 11.4 Å². The van der Waals surface area contributed by atoms with Crippen LogP contribution in [0.5, 0.6) is 11.5 Å². The summed E-state index contributed by atoms with van der Waals surface area (Å²) < 4.78 is 39.4. The van der Waals surface area contributed by atoms with Crippen molar-refractivity contribution in [3.63, 3.8) is 0 Å². The molecule has 1 aliphatic rings. The largest absolute Gasteiger partial charge is 0.494 e. The maximum atomic E-state index is 14.6. The minimum absolute atomic E-state index is 0.0281. The summed E-state index contributed by atoms with van der Waals surface area (Å²) in [7, 11) is 2.76. The molecule has 3 aromatic rings. The van der Waals surface area contributed by atoms with Gasteiger partial charge < -0.3 is 25.8 Å². The second kappa shape index (κ2) is 10.7. The average molecular weight is 486 g/mol. The Morgan fingerprint density at radius 3 is 2.17 bits per heavy atom. The van der Waals surface area contributed by atoms with E-state index < -0.39 is 11.6 Å². The van der Waals surface area contributed by atoms with Crippen LogP contribution in [0.4, 0.5) is 38.0 Å². The number of aromatic nitrogens is 3. The molecule has 0 amide bonds. The SMILES string of the molecule is CCC(Nc1nc(N)nc(N(c2ccc(OC)c(F)c2)c2ccc(OC)c(F)c2)n1)C1CCCN1. The van der Waals surface area contributed by atoms with Crippen molar-refractivity contribution in [1.82, 2.24) is 20.3 Å². The lowest BCUT2D eigenvalue weighted by atomic mass is 10.0. The molecule has 0 bridgehead atoms. The van der Waals surface area contributed by atoms with Crippen LogP contribution < -0.4 is 30.7 Å². The minimum Gasteiger partial charge on any atom is -0.494 e. The van der Waals surface area contributed by atoms with E-state index in [1.807, 2.05) is 0 Å². The van der Waals surface area contributed by atoms with Gasteiger partial charge in [-0.1, -0.05) is 6.92 Å². The monoisotopic (exact) mass is 485 g/mol. The fourth-order valence-corrected chi connectivity index (χ4v) is 4.22. The van der Waals surface area contributed by atoms with Gasteiger partial charge in [-0.3, -0.25) is 4.90 Å². The lowest BCUT2D eigenvalue weighted by Gasteiger charge is -2.26. The molecular formula is C24H29F2N7O2. The molecule has 2 aromatic carbocycles. The van der Waals surface area contributed by atoms with Crippen molar-refractivity contribution in [2.75, 3.05) is 36.7 Å². The zero-order chi connectivity index (χ0) is 24.9. The number of benzene rings is 2. The van der Waals surface area contributed by atoms with Gasteiger partial charge in [-0.25, -0.2) is 8.78 Å². The molecule has 11 heteroatoms. The molecular weight excluding hydrogens is 456 g/mol. The van der Waals surface area contributed by atoms with E-state index in [1.165, 1.54) is 43.4 Å². The fourth-order valence-electron chi connectivity index (χ4n) is 4.22. The van der Waals surface area contributed by atoms with Crippen molar-refractivity contribution >= 4 is 29.2 Å². The van der Waals surface area contributed by atoms with Gasteiger partial charge in [-0.2, -0.15) is 15.0 Å². The van der Waals surface area contributed by atoms with E-state index in [0.717, 1.165) is 25.8 Å². The number of nitrogens with two attached hydrogens (primary N) is 1. The lowest BCUT2D eigenvalue weighted by Crippen LogP contribution is -2.40. The van der Waals surface area contributed by atoms with Crippen LogP contribution in [0.1, 0.15) is 26.2 Å². The second-order valence-corrected chi connectivity index (χ2v) is 8.15. The number of nitrogens with one attached hydrogen (secondary N) is 2. The number of nitrogens with zero attached hydrogens (tertiary/aromatic N) is 4. The molecule has 2 unspecified atom stereocenters. The minimum atomic E-state index is -0.595. The van der Waals surface area contributed by atoms with Crippen LogP contribution in [0.25, 0.3) is 0 Å². The van der Waals surface area contributed by atoms with Crippen molar-refractivity contribution in [1.29, 1.82) is 0 Å². The summed E-state index contributed by atoms with van der Waals surface area (Å²) in [5, 5.41) is 6.83. The van der Waals surface area contributed by atoms with E-state index in [9.17, 15) is 8.78 Å². The van der Waals surface area contributed by atoms with E-state index in [1.54, 1.807) is 12.1 Å². The quantitative estimate of drug-likeness (QED) is 0.411. The van der Waals surface area contributed by atoms with Crippen LogP contribution >= 0.6 is 0 Å². The molecule has 1 aliphatic heterocycles. The van der Waals surface area contributed by atoms with Crippen LogP contribution in [0.15, 0.2) is 36.4 Å². The maximum Gasteiger partial charge on any atom is 0.241 e. The van der Waals surface area contributed by atoms with Crippen LogP contribution in [0.2, 0.25) is 0 Å². The molecule has 35 heavy (non-hydrogen) atoms. The summed E-state index contributed by atoms with van der Waals surface area (Å²) in [5.41, 5.74) is 6.73. The third-order valence-electron chi connectivity index (χ3n) is 5.97. The molecule has 1 fully saturated rings. The van der Waals surface area contributed by atoms with Gasteiger partial charge in [0.2, 0.25) is 17.8 Å². The Labute approximate surface area is 202 Å². The van der Waals surface area contributed by atoms with Gasteiger partial charge in [0.1, 0.15) is 0 Å². The molecule has 1 aromatic heterocycles. The van der Waals surface area contributed by atoms with Gasteiger partial charge in [0.25, 0.3) is 0 Å². The summed E-state index contributed by atoms with van der Waals surface area (Å²) in [6.07, 6.45) is 2.99. The molecule has 2 atom stereocenters. The van der Waals surface area contributed by atoms with Crippen LogP contribution in [0, 0.1) is 11.6 Å². The zero-order valence-electron chi connectivity index (χ0n) is 19.9. The smallest absolute Gasteiger partial charge is 0.241 e. The molecule has 2 heterocycles. The summed E-state index contributed by atoms with van der Waals surface area (Å²) in [6, 6.07) is 9.06. The van der Waals surface area contributed by atoms with Gasteiger partial charge in [-0.15, -0.1) is 0 Å². The number of nitrogen functional groups attached to an aromatic ring is 1. The highest BCUT2D eigenvalue weighted by molar-refractivity contribution is 5.74. The number of anilines is 5. The molecule has 4 N–H and O–H groups in total. The number of hydrogen-bond acceptors (Lipinski definition) is 9. The predicted octanol–water partition coefficient (Wildman–Crippen LogP) is 4.16. The zero-order valence-corrected chi connectivity index (χ0v) is 19.9. The summed E-state index contributed by atoms with van der Waals surface area (Å²) in [5.74, 6) is -0.696. The lowest BCUT2D eigenvalue weighted by molar-refractivity contribution is 0.386. The highest BCUT2D eigenvalue weighted by Crippen LogP contribution is 2.36. The van der Waals surface area contributed by atoms with Crippen molar-refractivity contribution in [2.45, 2.75) is 38.3 Å². The first-order valence-electron chi connectivity index (χ1n) is 11.4. The number of rotatable bonds is 9. The Balaban J connectivity index is 1.78. The topological polar surface area (TPSA) is 110 Å². The van der Waals surface area contributed by atoms with Gasteiger partial charge >= 0.3 is 0 Å². The number of hydrogen-bond donors (Lipinski definition) is 3. The van der Waals surface area contributed by atoms with Crippen molar-refractivity contribution < 1.29 is 18.3 Å². The molecule has 186 valence electrons. The standard InChI is InChI=1S/C24H29F2N7O2/c1-4-18(19-6-5-11-28-19)29-23-30-22(27)31-24(32-23)33(14-7-9-20(34-2)16(25)12-14)15-8-10-21(35-3)17(26)13-15/h7-10,12-13,18-19,28H,4-6,11H2,1-3H3,(H3,27,29,30,31,32). The van der Waals surface area contributed by atoms with Crippen molar-refractivity contribution in [3.8, 4) is 11.5 Å². The Bertz CT molecular complexity index is 1120. The Morgan fingerprint density at radius 1 is 1.06 bits per heavy atom. The van der Waals surface area contributed by atoms with E-state index in [4.69, 9.17) is 15.2 Å². The number of methoxy groups -OCH3 is 2. The van der Waals surface area contributed by atoms with Gasteiger partial charge in [0.05, 0.1) is 25.6 Å². The van der Waals surface area contributed by atoms with E-state index in [-0.39, 0.29) is 41.4 Å². The molecule has 0 saturated carbocycles. The fraction of sp³-hybridized carbons (Fsp3) is 0.375. The first-order chi connectivity index (χ1) is 16.9. The number of halogens is 2. The summed E-state index contributed by atoms with van der Waals surface area (Å²) in [4.78, 5) is 14.6. The third-order valence-corrected chi connectivity index (χ3v) is 5.97. The Kier molecular flexibility index (Phi) is 7.45. The molecule has 0 aliphatic carbocycles. The van der Waals surface area contributed by atoms with Crippen LogP contribution in [0.3, 0.4) is 0 Å². The van der Waals surface area contributed by atoms with E-state index >= 15 is 0 Å². The third kappa shape index (κ3) is 5.35. The summed E-state index contributed by atoms with van der Waals surface area (Å²) >= 11 is 0. The van der Waals surface area contributed by atoms with Gasteiger partial charge in [0, 0.05) is 24.2 Å². The molecule has 0 spiro atoms. The molecule has 9 nitrogen and oxygen atoms in total. The van der Waals surface area contributed by atoms with Crippen LogP contribution in [-0.4, -0.2) is 47.8 Å². The normalized spacial score (nSPS) is 16.1. The Morgan fingerprint density at radius 2 is 1.69 bits per heavy atom. The maximum absolute atomic E-state index is 14.6. The van der Waals surface area contributed by atoms with E-state index in [2.05, 4.69) is 32.5 Å². The molecule has 0 radical (unpaired) electrons. The second-order valence-electron chi connectivity index (χ2n) is 8.15. The van der Waals surface area contributed by atoms with Crippen LogP contribution in [-0.2, 0) is 0 Å². The van der Waals surface area contributed by atoms with Crippen molar-refractivity contribution in [2.24, 2.45) is 0 Å². The predicted molar refractivity (Wildman–Crippen MR) is 131 cm³/mol. The highest BCUT2D eigenvalue weighted by Gasteiger charge is 2.25. The summed E-state index contributed by atoms with van der Waals surface area (Å²) in [6.45, 7) is 3.04. The first-order valence-corrected chi connectivity index (χ1v) is 11.4. The Hall–Kier alpha value is -3.73. The highest BCUT2D eigenvalue weighted by atomic mass is 19.1. The molecule has 1 saturated heterocycles. The number of ether oxygens (including phenoxy) is 2. The van der Waals surface area contributed by atoms with Gasteiger partial charge in [-0.05, 0) is 50.1 Å². The van der Waals surface area contributed by atoms with Gasteiger partial charge in [0.15, 0.2) is 23.1 Å². The average Bonchev–Trinajstić information content (AvgIpc) is 3.37. The first kappa shape index (κ1) is 24.4.